The summed E-state index contributed by atoms with van der Waals surface area (Å²) in [6, 6.07) is 14.0. The first-order chi connectivity index (χ1) is 12.5. The second-order valence-corrected chi connectivity index (χ2v) is 6.28. The molecule has 1 heterocycles. The van der Waals surface area contributed by atoms with Crippen LogP contribution < -0.4 is 10.2 Å². The third kappa shape index (κ3) is 3.59. The Morgan fingerprint density at radius 3 is 2.54 bits per heavy atom. The summed E-state index contributed by atoms with van der Waals surface area (Å²) >= 11 is 0. The predicted octanol–water partition coefficient (Wildman–Crippen LogP) is 2.19. The number of rotatable bonds is 5. The molecule has 2 aromatic rings. The highest BCUT2D eigenvalue weighted by Crippen LogP contribution is 2.29. The maximum Gasteiger partial charge on any atom is 0.312 e. The number of nitrogens with zero attached hydrogens (tertiary/aromatic N) is 1. The number of carboxylic acids is 1. The molecule has 134 valence electrons. The van der Waals surface area contributed by atoms with Crippen LogP contribution in [0, 0.1) is 0 Å². The van der Waals surface area contributed by atoms with Crippen LogP contribution in [0.2, 0.25) is 0 Å². The van der Waals surface area contributed by atoms with E-state index in [4.69, 9.17) is 0 Å². The van der Waals surface area contributed by atoms with Crippen molar-refractivity contribution in [2.24, 2.45) is 0 Å². The van der Waals surface area contributed by atoms with Crippen molar-refractivity contribution in [3.8, 4) is 0 Å². The Morgan fingerprint density at radius 1 is 1.15 bits per heavy atom. The largest absolute Gasteiger partial charge is 0.481 e. The number of hydrogen-bond donors (Lipinski definition) is 2. The molecule has 0 aromatic heterocycles. The maximum atomic E-state index is 12.4. The Bertz CT molecular complexity index is 848. The third-order valence-electron chi connectivity index (χ3n) is 4.58. The van der Waals surface area contributed by atoms with Crippen LogP contribution in [-0.2, 0) is 16.0 Å². The molecular formula is C20H20N2O4. The highest BCUT2D eigenvalue weighted by Gasteiger charge is 2.24. The van der Waals surface area contributed by atoms with Crippen LogP contribution in [0.15, 0.2) is 48.5 Å². The van der Waals surface area contributed by atoms with Gasteiger partial charge in [-0.1, -0.05) is 30.3 Å². The van der Waals surface area contributed by atoms with E-state index in [0.29, 0.717) is 24.1 Å². The molecule has 1 aliphatic heterocycles. The van der Waals surface area contributed by atoms with Gasteiger partial charge >= 0.3 is 5.97 Å². The van der Waals surface area contributed by atoms with E-state index < -0.39 is 11.9 Å². The van der Waals surface area contributed by atoms with Gasteiger partial charge in [-0.05, 0) is 35.7 Å². The van der Waals surface area contributed by atoms with Crippen LogP contribution in [-0.4, -0.2) is 36.0 Å². The molecule has 0 saturated carbocycles. The normalized spacial score (nSPS) is 13.8. The number of carbonyl (C=O) groups is 3. The minimum absolute atomic E-state index is 0.00877. The number of carboxylic acid groups (broad SMARTS) is 1. The van der Waals surface area contributed by atoms with E-state index in [-0.39, 0.29) is 18.4 Å². The molecule has 0 saturated heterocycles. The lowest BCUT2D eigenvalue weighted by Crippen LogP contribution is -2.31. The number of aliphatic carboxylic acids is 1. The van der Waals surface area contributed by atoms with E-state index in [9.17, 15) is 19.5 Å². The van der Waals surface area contributed by atoms with Gasteiger partial charge in [-0.25, -0.2) is 0 Å². The van der Waals surface area contributed by atoms with Gasteiger partial charge in [-0.15, -0.1) is 0 Å². The highest BCUT2D eigenvalue weighted by molar-refractivity contribution is 5.98. The van der Waals surface area contributed by atoms with Crippen molar-refractivity contribution in [1.29, 1.82) is 0 Å². The van der Waals surface area contributed by atoms with Crippen LogP contribution in [0.1, 0.15) is 34.3 Å². The summed E-state index contributed by atoms with van der Waals surface area (Å²) in [4.78, 5) is 37.2. The summed E-state index contributed by atoms with van der Waals surface area (Å²) in [7, 11) is 0. The fraction of sp³-hybridized carbons (Fsp3) is 0.250. The van der Waals surface area contributed by atoms with Crippen molar-refractivity contribution in [2.75, 3.05) is 18.0 Å². The molecule has 0 aliphatic carbocycles. The van der Waals surface area contributed by atoms with Crippen LogP contribution in [0.25, 0.3) is 0 Å². The fourth-order valence-corrected chi connectivity index (χ4v) is 3.20. The highest BCUT2D eigenvalue weighted by atomic mass is 16.4. The smallest absolute Gasteiger partial charge is 0.312 e. The average molecular weight is 352 g/mol. The molecular weight excluding hydrogens is 332 g/mol. The van der Waals surface area contributed by atoms with Gasteiger partial charge in [-0.2, -0.15) is 0 Å². The SMILES string of the molecule is CC(=O)N1CCc2cc(C(=O)NCC(C(=O)O)c3ccccc3)ccc21. The van der Waals surface area contributed by atoms with E-state index in [1.54, 1.807) is 47.4 Å². The van der Waals surface area contributed by atoms with E-state index in [1.807, 2.05) is 6.07 Å². The second-order valence-electron chi connectivity index (χ2n) is 6.28. The monoisotopic (exact) mass is 352 g/mol. The molecule has 2 aromatic carbocycles. The number of benzene rings is 2. The van der Waals surface area contributed by atoms with E-state index >= 15 is 0 Å². The van der Waals surface area contributed by atoms with Crippen molar-refractivity contribution in [3.05, 3.63) is 65.2 Å². The summed E-state index contributed by atoms with van der Waals surface area (Å²) in [5.41, 5.74) is 2.89. The fourth-order valence-electron chi connectivity index (χ4n) is 3.20. The van der Waals surface area contributed by atoms with Crippen LogP contribution >= 0.6 is 0 Å². The molecule has 0 radical (unpaired) electrons. The van der Waals surface area contributed by atoms with Gasteiger partial charge < -0.3 is 15.3 Å². The number of anilines is 1. The summed E-state index contributed by atoms with van der Waals surface area (Å²) in [6.07, 6.45) is 0.706. The molecule has 1 aliphatic rings. The molecule has 0 spiro atoms. The lowest BCUT2D eigenvalue weighted by molar-refractivity contribution is -0.138. The first-order valence-electron chi connectivity index (χ1n) is 8.44. The molecule has 3 rings (SSSR count). The zero-order valence-electron chi connectivity index (χ0n) is 14.4. The van der Waals surface area contributed by atoms with Crippen LogP contribution in [0.5, 0.6) is 0 Å². The summed E-state index contributed by atoms with van der Waals surface area (Å²) in [5.74, 6) is -2.13. The number of hydrogen-bond acceptors (Lipinski definition) is 3. The summed E-state index contributed by atoms with van der Waals surface area (Å²) in [6.45, 7) is 2.14. The van der Waals surface area contributed by atoms with Crippen molar-refractivity contribution >= 4 is 23.5 Å². The standard InChI is InChI=1S/C20H20N2O4/c1-13(23)22-10-9-15-11-16(7-8-18(15)22)19(24)21-12-17(20(25)26)14-5-3-2-4-6-14/h2-8,11,17H,9-10,12H2,1H3,(H,21,24)(H,25,26). The first kappa shape index (κ1) is 17.7. The van der Waals surface area contributed by atoms with Crippen molar-refractivity contribution in [3.63, 3.8) is 0 Å². The second kappa shape index (κ2) is 7.39. The molecule has 6 nitrogen and oxygen atoms in total. The molecule has 26 heavy (non-hydrogen) atoms. The predicted molar refractivity (Wildman–Crippen MR) is 97.3 cm³/mol. The van der Waals surface area contributed by atoms with Gasteiger partial charge in [-0.3, -0.25) is 14.4 Å². The Morgan fingerprint density at radius 2 is 1.88 bits per heavy atom. The zero-order valence-corrected chi connectivity index (χ0v) is 14.4. The van der Waals surface area contributed by atoms with Gasteiger partial charge in [0.2, 0.25) is 5.91 Å². The van der Waals surface area contributed by atoms with Gasteiger partial charge in [0.25, 0.3) is 5.91 Å². The number of amides is 2. The zero-order chi connectivity index (χ0) is 18.7. The van der Waals surface area contributed by atoms with Crippen molar-refractivity contribution < 1.29 is 19.5 Å². The average Bonchev–Trinajstić information content (AvgIpc) is 3.05. The molecule has 0 fully saturated rings. The summed E-state index contributed by atoms with van der Waals surface area (Å²) in [5, 5.41) is 12.1. The first-order valence-corrected chi connectivity index (χ1v) is 8.44. The van der Waals surface area contributed by atoms with Gasteiger partial charge in [0.1, 0.15) is 0 Å². The number of carbonyl (C=O) groups excluding carboxylic acids is 2. The van der Waals surface area contributed by atoms with E-state index in [0.717, 1.165) is 11.3 Å². The lowest BCUT2D eigenvalue weighted by atomic mass is 9.99. The van der Waals surface area contributed by atoms with Crippen molar-refractivity contribution in [1.82, 2.24) is 5.32 Å². The Hall–Kier alpha value is -3.15. The Kier molecular flexibility index (Phi) is 5.02. The third-order valence-corrected chi connectivity index (χ3v) is 4.58. The quantitative estimate of drug-likeness (QED) is 0.864. The Balaban J connectivity index is 1.70. The topological polar surface area (TPSA) is 86.7 Å². The van der Waals surface area contributed by atoms with E-state index in [2.05, 4.69) is 5.32 Å². The van der Waals surface area contributed by atoms with Crippen LogP contribution in [0.4, 0.5) is 5.69 Å². The van der Waals surface area contributed by atoms with Gasteiger partial charge in [0.05, 0.1) is 5.92 Å². The maximum absolute atomic E-state index is 12.4. The van der Waals surface area contributed by atoms with Gasteiger partial charge in [0.15, 0.2) is 0 Å². The summed E-state index contributed by atoms with van der Waals surface area (Å²) < 4.78 is 0. The molecule has 1 atom stereocenters. The minimum Gasteiger partial charge on any atom is -0.481 e. The van der Waals surface area contributed by atoms with Crippen LogP contribution in [0.3, 0.4) is 0 Å². The molecule has 2 N–H and O–H groups in total. The van der Waals surface area contributed by atoms with E-state index in [1.165, 1.54) is 6.92 Å². The minimum atomic E-state index is -0.984. The number of fused-ring (bicyclic) bond motifs is 1. The number of nitrogens with one attached hydrogen (secondary N) is 1. The Labute approximate surface area is 151 Å². The lowest BCUT2D eigenvalue weighted by Gasteiger charge is -2.16. The van der Waals surface area contributed by atoms with Crippen molar-refractivity contribution in [2.45, 2.75) is 19.3 Å². The molecule has 1 unspecified atom stereocenters. The molecule has 2 amide bonds. The van der Waals surface area contributed by atoms with Gasteiger partial charge in [0, 0.05) is 31.3 Å². The molecule has 6 heteroatoms. The molecule has 0 bridgehead atoms.